The fourth-order valence-electron chi connectivity index (χ4n) is 7.55. The van der Waals surface area contributed by atoms with Gasteiger partial charge in [-0.05, 0) is 54.3 Å². The van der Waals surface area contributed by atoms with Crippen LogP contribution in [-0.2, 0) is 40.8 Å². The highest BCUT2D eigenvalue weighted by molar-refractivity contribution is 7.92. The van der Waals surface area contributed by atoms with Crippen LogP contribution in [0.15, 0.2) is 59.5 Å². The molecule has 22 heteroatoms. The van der Waals surface area contributed by atoms with Crippen molar-refractivity contribution in [1.29, 1.82) is 0 Å². The van der Waals surface area contributed by atoms with Gasteiger partial charge in [-0.15, -0.1) is 0 Å². The average Bonchev–Trinajstić information content (AvgIpc) is 3.66. The summed E-state index contributed by atoms with van der Waals surface area (Å²) in [7, 11) is -2.47. The van der Waals surface area contributed by atoms with Gasteiger partial charge in [-0.3, -0.25) is 33.2 Å². The van der Waals surface area contributed by atoms with Gasteiger partial charge in [0.1, 0.15) is 35.4 Å². The summed E-state index contributed by atoms with van der Waals surface area (Å²) < 4.78 is 118. The first-order valence-corrected chi connectivity index (χ1v) is 19.9. The quantitative estimate of drug-likeness (QED) is 0.138. The van der Waals surface area contributed by atoms with Crippen molar-refractivity contribution in [3.05, 3.63) is 115 Å². The van der Waals surface area contributed by atoms with Crippen molar-refractivity contribution in [3.8, 4) is 17.1 Å². The molecule has 0 unspecified atom stereocenters. The maximum atomic E-state index is 15.4. The number of alkyl halides is 4. The van der Waals surface area contributed by atoms with E-state index in [-0.39, 0.29) is 67.2 Å². The largest absolute Gasteiger partial charge is 0.344 e. The monoisotopic (exact) mass is 865 g/mol. The molecule has 0 radical (unpaired) electrons. The SMILES string of the molecule is Cn1nc(NS(C)(=O)=O)c2c(Cl)ccc(-n3c([C@H](Cc4cc(F)cc(F)c4)NC(=O)Cn4nc(C(F)F)c5c4C(F)(F)[C@@H]4C[C@H]54)nc(-c4ccc(Cl)cn4)cc3=O)c21. The van der Waals surface area contributed by atoms with E-state index in [1.807, 2.05) is 0 Å². The van der Waals surface area contributed by atoms with Crippen LogP contribution < -0.4 is 15.6 Å². The molecular formula is C36H27Cl2F6N9O4S. The van der Waals surface area contributed by atoms with Crippen molar-refractivity contribution in [2.45, 2.75) is 43.7 Å². The predicted molar refractivity (Wildman–Crippen MR) is 199 cm³/mol. The van der Waals surface area contributed by atoms with E-state index in [1.165, 1.54) is 42.2 Å². The predicted octanol–water partition coefficient (Wildman–Crippen LogP) is 6.58. The number of aryl methyl sites for hydroxylation is 1. The number of aromatic nitrogens is 7. The van der Waals surface area contributed by atoms with Crippen LogP contribution in [-0.4, -0.2) is 54.7 Å². The average molecular weight is 867 g/mol. The molecule has 4 heterocycles. The Morgan fingerprint density at radius 3 is 2.41 bits per heavy atom. The second-order valence-electron chi connectivity index (χ2n) is 14.0. The molecule has 6 aromatic rings. The number of sulfonamides is 1. The molecule has 8 rings (SSSR count). The number of anilines is 1. The van der Waals surface area contributed by atoms with Gasteiger partial charge in [0.05, 0.1) is 50.3 Å². The Morgan fingerprint density at radius 2 is 1.76 bits per heavy atom. The first-order valence-electron chi connectivity index (χ1n) is 17.2. The highest BCUT2D eigenvalue weighted by Gasteiger charge is 2.67. The third-order valence-corrected chi connectivity index (χ3v) is 10.9. The highest BCUT2D eigenvalue weighted by atomic mass is 35.5. The summed E-state index contributed by atoms with van der Waals surface area (Å²) in [6.07, 6.45) is -1.52. The Bertz CT molecular complexity index is 2830. The van der Waals surface area contributed by atoms with E-state index < -0.39 is 87.7 Å². The van der Waals surface area contributed by atoms with Crippen LogP contribution in [0.5, 0.6) is 0 Å². The van der Waals surface area contributed by atoms with Gasteiger partial charge in [-0.25, -0.2) is 31.0 Å². The summed E-state index contributed by atoms with van der Waals surface area (Å²) in [5.41, 5.74) is -2.65. The van der Waals surface area contributed by atoms with Crippen molar-refractivity contribution in [2.24, 2.45) is 13.0 Å². The van der Waals surface area contributed by atoms with E-state index in [0.29, 0.717) is 10.7 Å². The smallest absolute Gasteiger partial charge is 0.293 e. The number of nitrogens with one attached hydrogen (secondary N) is 2. The maximum Gasteiger partial charge on any atom is 0.293 e. The minimum absolute atomic E-state index is 0.00548. The summed E-state index contributed by atoms with van der Waals surface area (Å²) >= 11 is 12.6. The lowest BCUT2D eigenvalue weighted by molar-refractivity contribution is -0.123. The number of benzene rings is 2. The van der Waals surface area contributed by atoms with Gasteiger partial charge in [-0.1, -0.05) is 23.2 Å². The Hall–Kier alpha value is -5.47. The molecule has 1 fully saturated rings. The van der Waals surface area contributed by atoms with Gasteiger partial charge in [0.15, 0.2) is 5.82 Å². The van der Waals surface area contributed by atoms with Crippen LogP contribution in [0.2, 0.25) is 10.0 Å². The van der Waals surface area contributed by atoms with E-state index in [4.69, 9.17) is 28.2 Å². The van der Waals surface area contributed by atoms with Gasteiger partial charge in [0.2, 0.25) is 15.9 Å². The molecule has 2 aliphatic carbocycles. The summed E-state index contributed by atoms with van der Waals surface area (Å²) in [5.74, 6) is -9.13. The number of rotatable bonds is 11. The van der Waals surface area contributed by atoms with Crippen LogP contribution in [0.3, 0.4) is 0 Å². The summed E-state index contributed by atoms with van der Waals surface area (Å²) in [6, 6.07) is 7.74. The normalized spacial score (nSPS) is 17.4. The fraction of sp³-hybridized carbons (Fsp3) is 0.278. The number of pyridine rings is 1. The molecule has 302 valence electrons. The van der Waals surface area contributed by atoms with Crippen molar-refractivity contribution >= 4 is 55.9 Å². The molecule has 0 saturated heterocycles. The number of amides is 1. The number of carbonyl (C=O) groups is 1. The molecule has 13 nitrogen and oxygen atoms in total. The van der Waals surface area contributed by atoms with Crippen LogP contribution in [0, 0.1) is 17.6 Å². The first-order chi connectivity index (χ1) is 27.3. The lowest BCUT2D eigenvalue weighted by atomic mass is 10.0. The zero-order valence-electron chi connectivity index (χ0n) is 29.8. The van der Waals surface area contributed by atoms with Gasteiger partial charge in [0, 0.05) is 43.3 Å². The van der Waals surface area contributed by atoms with Gasteiger partial charge < -0.3 is 5.32 Å². The Kier molecular flexibility index (Phi) is 9.58. The molecule has 1 saturated carbocycles. The molecule has 0 bridgehead atoms. The maximum absolute atomic E-state index is 15.4. The van der Waals surface area contributed by atoms with Crippen LogP contribution in [0.25, 0.3) is 28.0 Å². The van der Waals surface area contributed by atoms with Gasteiger partial charge in [0.25, 0.3) is 17.9 Å². The Morgan fingerprint density at radius 1 is 1.03 bits per heavy atom. The van der Waals surface area contributed by atoms with E-state index in [2.05, 4.69) is 25.2 Å². The van der Waals surface area contributed by atoms with Crippen LogP contribution in [0.1, 0.15) is 53.1 Å². The Balaban J connectivity index is 1.32. The lowest BCUT2D eigenvalue weighted by Gasteiger charge is -2.24. The zero-order chi connectivity index (χ0) is 41.6. The van der Waals surface area contributed by atoms with Crippen LogP contribution >= 0.6 is 23.2 Å². The summed E-state index contributed by atoms with van der Waals surface area (Å²) in [4.78, 5) is 37.3. The zero-order valence-corrected chi connectivity index (χ0v) is 32.2. The number of nitrogens with zero attached hydrogens (tertiary/aromatic N) is 7. The molecule has 4 aromatic heterocycles. The van der Waals surface area contributed by atoms with Crippen molar-refractivity contribution in [3.63, 3.8) is 0 Å². The molecule has 58 heavy (non-hydrogen) atoms. The van der Waals surface area contributed by atoms with Gasteiger partial charge in [-0.2, -0.15) is 19.0 Å². The lowest BCUT2D eigenvalue weighted by Crippen LogP contribution is -2.38. The minimum Gasteiger partial charge on any atom is -0.344 e. The molecule has 0 aliphatic heterocycles. The number of hydrogen-bond donors (Lipinski definition) is 2. The third-order valence-electron chi connectivity index (χ3n) is 9.84. The van der Waals surface area contributed by atoms with Crippen LogP contribution in [0.4, 0.5) is 32.2 Å². The van der Waals surface area contributed by atoms with E-state index in [1.54, 1.807) is 0 Å². The minimum atomic E-state index is -3.90. The molecule has 2 N–H and O–H groups in total. The number of fused-ring (bicyclic) bond motifs is 4. The number of hydrogen-bond acceptors (Lipinski definition) is 8. The van der Waals surface area contributed by atoms with E-state index >= 15 is 8.78 Å². The van der Waals surface area contributed by atoms with Crippen molar-refractivity contribution < 1.29 is 39.6 Å². The second-order valence-corrected chi connectivity index (χ2v) is 16.5. The van der Waals surface area contributed by atoms with Gasteiger partial charge >= 0.3 is 0 Å². The summed E-state index contributed by atoms with van der Waals surface area (Å²) in [5, 5.41) is 10.9. The topological polar surface area (TPSA) is 159 Å². The number of carbonyl (C=O) groups excluding carboxylic acids is 1. The molecule has 0 spiro atoms. The van der Waals surface area contributed by atoms with E-state index in [0.717, 1.165) is 29.0 Å². The third kappa shape index (κ3) is 7.06. The molecule has 2 aromatic carbocycles. The standard InChI is InChI=1S/C36H27Cl2F6N9O4S/c1-51-31-25(6-4-21(38)29(31)34(49-51)50-58(2,56)57)53-27(55)12-23(22-5-3-16(37)13-45-22)47-35(53)24(9-15-7-17(39)10-18(40)8-15)46-26(54)14-52-32-28(30(48-52)33(41)42)19-11-20(19)36(32,43)44/h3-8,10,12-13,19-20,24,33H,9,11,14H2,1-2H3,(H,46,54)(H,49,50)/t19-,20+,24-/m0/s1. The number of halogens is 8. The highest BCUT2D eigenvalue weighted by Crippen LogP contribution is 2.68. The molecule has 3 atom stereocenters. The molecule has 1 amide bonds. The first kappa shape index (κ1) is 39.4. The summed E-state index contributed by atoms with van der Waals surface area (Å²) in [6.45, 7) is -0.992. The van der Waals surface area contributed by atoms with Crippen molar-refractivity contribution in [1.82, 2.24) is 39.4 Å². The van der Waals surface area contributed by atoms with E-state index in [9.17, 15) is 35.6 Å². The molecular weight excluding hydrogens is 839 g/mol. The van der Waals surface area contributed by atoms with Crippen molar-refractivity contribution in [2.75, 3.05) is 11.0 Å². The second kappa shape index (κ2) is 14.1. The fourth-order valence-corrected chi connectivity index (χ4v) is 8.39. The molecule has 2 aliphatic rings. The Labute approximate surface area is 333 Å².